The minimum atomic E-state index is -0.277. The number of hydrogen-bond acceptors (Lipinski definition) is 5. The number of unbranched alkanes of at least 4 members (excludes halogenated alkanes) is 9. The Morgan fingerprint density at radius 1 is 0.769 bits per heavy atom. The zero-order chi connectivity index (χ0) is 27.5. The molecule has 1 aliphatic heterocycles. The van der Waals surface area contributed by atoms with Gasteiger partial charge in [-0.3, -0.25) is 0 Å². The molecule has 0 saturated carbocycles. The highest BCUT2D eigenvalue weighted by molar-refractivity contribution is 5.55. The van der Waals surface area contributed by atoms with Crippen LogP contribution >= 0.6 is 0 Å². The molecular formula is C34H54N2O3. The van der Waals surface area contributed by atoms with E-state index in [4.69, 9.17) is 14.2 Å². The van der Waals surface area contributed by atoms with Crippen molar-refractivity contribution >= 4 is 0 Å². The van der Waals surface area contributed by atoms with Crippen LogP contribution in [0, 0.1) is 11.8 Å². The average Bonchev–Trinajstić information content (AvgIpc) is 2.97. The number of ether oxygens (including phenoxy) is 3. The molecule has 5 heteroatoms. The standard InChI is InChI=1S/C34H54N2O3/c1-4-6-7-8-11-14-18-29-26-38-34(39-27-29)31-21-19-30(20-22-31)33-35-24-32(25-36-33)37-23-15-12-9-10-13-17-28(3)16-5-2/h19-22,24-25,28-29,34H,4-18,23,26-27H2,1-3H3. The van der Waals surface area contributed by atoms with Crippen molar-refractivity contribution in [1.82, 2.24) is 9.97 Å². The van der Waals surface area contributed by atoms with Crippen molar-refractivity contribution in [3.05, 3.63) is 42.2 Å². The molecule has 0 radical (unpaired) electrons. The largest absolute Gasteiger partial charge is 0.490 e. The van der Waals surface area contributed by atoms with Crippen molar-refractivity contribution < 1.29 is 14.2 Å². The molecule has 2 heterocycles. The highest BCUT2D eigenvalue weighted by Crippen LogP contribution is 2.29. The minimum Gasteiger partial charge on any atom is -0.490 e. The first-order valence-corrected chi connectivity index (χ1v) is 16.0. The third-order valence-electron chi connectivity index (χ3n) is 7.89. The first-order valence-electron chi connectivity index (χ1n) is 16.0. The Labute approximate surface area is 238 Å². The van der Waals surface area contributed by atoms with E-state index in [1.54, 1.807) is 12.4 Å². The Balaban J connectivity index is 1.29. The van der Waals surface area contributed by atoms with Gasteiger partial charge in [0.1, 0.15) is 0 Å². The number of aromatic nitrogens is 2. The lowest BCUT2D eigenvalue weighted by Gasteiger charge is -2.29. The van der Waals surface area contributed by atoms with Crippen LogP contribution in [-0.4, -0.2) is 29.8 Å². The Bertz CT molecular complexity index is 863. The van der Waals surface area contributed by atoms with E-state index in [-0.39, 0.29) is 6.29 Å². The fraction of sp³-hybridized carbons (Fsp3) is 0.706. The quantitative estimate of drug-likeness (QED) is 0.157. The zero-order valence-electron chi connectivity index (χ0n) is 25.0. The fourth-order valence-corrected chi connectivity index (χ4v) is 5.40. The highest BCUT2D eigenvalue weighted by atomic mass is 16.7. The summed E-state index contributed by atoms with van der Waals surface area (Å²) in [7, 11) is 0. The molecule has 2 aromatic rings. The Hall–Kier alpha value is -1.98. The van der Waals surface area contributed by atoms with Crippen LogP contribution in [0.2, 0.25) is 0 Å². The van der Waals surface area contributed by atoms with Gasteiger partial charge in [-0.05, 0) is 18.8 Å². The molecule has 5 nitrogen and oxygen atoms in total. The Kier molecular flexibility index (Phi) is 15.5. The predicted molar refractivity (Wildman–Crippen MR) is 161 cm³/mol. The van der Waals surface area contributed by atoms with Gasteiger partial charge in [-0.25, -0.2) is 9.97 Å². The normalized spacial score (nSPS) is 18.2. The third-order valence-corrected chi connectivity index (χ3v) is 7.89. The second-order valence-corrected chi connectivity index (χ2v) is 11.6. The molecule has 0 spiro atoms. The topological polar surface area (TPSA) is 53.5 Å². The molecule has 39 heavy (non-hydrogen) atoms. The molecule has 1 fully saturated rings. The SMILES string of the molecule is CCCCCCCCC1COC(c2ccc(-c3ncc(OCCCCCCCC(C)CCC)cn3)cc2)OC1. The maximum atomic E-state index is 6.06. The first kappa shape index (κ1) is 31.5. The number of hydrogen-bond donors (Lipinski definition) is 0. The van der Waals surface area contributed by atoms with Crippen LogP contribution < -0.4 is 4.74 Å². The Morgan fingerprint density at radius 2 is 1.41 bits per heavy atom. The summed E-state index contributed by atoms with van der Waals surface area (Å²) in [5, 5.41) is 0. The molecule has 1 unspecified atom stereocenters. The lowest BCUT2D eigenvalue weighted by atomic mass is 9.98. The van der Waals surface area contributed by atoms with E-state index in [9.17, 15) is 0 Å². The van der Waals surface area contributed by atoms with Gasteiger partial charge in [-0.15, -0.1) is 0 Å². The van der Waals surface area contributed by atoms with Crippen LogP contribution in [0.25, 0.3) is 11.4 Å². The van der Waals surface area contributed by atoms with Gasteiger partial charge in [0.05, 0.1) is 32.2 Å². The second kappa shape index (κ2) is 19.2. The van der Waals surface area contributed by atoms with E-state index >= 15 is 0 Å². The molecule has 0 N–H and O–H groups in total. The van der Waals surface area contributed by atoms with E-state index in [1.165, 1.54) is 89.9 Å². The van der Waals surface area contributed by atoms with Crippen LogP contribution in [-0.2, 0) is 9.47 Å². The molecule has 0 amide bonds. The number of rotatable bonds is 20. The van der Waals surface area contributed by atoms with Crippen LogP contribution in [0.5, 0.6) is 5.75 Å². The van der Waals surface area contributed by atoms with Gasteiger partial charge in [-0.1, -0.05) is 129 Å². The van der Waals surface area contributed by atoms with E-state index in [1.807, 2.05) is 12.1 Å². The van der Waals surface area contributed by atoms with E-state index in [0.29, 0.717) is 11.7 Å². The fourth-order valence-electron chi connectivity index (χ4n) is 5.40. The lowest BCUT2D eigenvalue weighted by molar-refractivity contribution is -0.206. The summed E-state index contributed by atoms with van der Waals surface area (Å²) in [4.78, 5) is 9.05. The van der Waals surface area contributed by atoms with E-state index in [2.05, 4.69) is 42.9 Å². The maximum absolute atomic E-state index is 6.06. The second-order valence-electron chi connectivity index (χ2n) is 11.6. The monoisotopic (exact) mass is 538 g/mol. The van der Waals surface area contributed by atoms with Gasteiger partial charge in [0.25, 0.3) is 0 Å². The summed E-state index contributed by atoms with van der Waals surface area (Å²) in [5.41, 5.74) is 2.03. The van der Waals surface area contributed by atoms with Crippen LogP contribution in [0.15, 0.2) is 36.7 Å². The van der Waals surface area contributed by atoms with Crippen molar-refractivity contribution in [3.8, 4) is 17.1 Å². The van der Waals surface area contributed by atoms with Crippen molar-refractivity contribution in [2.75, 3.05) is 19.8 Å². The minimum absolute atomic E-state index is 0.277. The van der Waals surface area contributed by atoms with Gasteiger partial charge in [0, 0.05) is 17.0 Å². The maximum Gasteiger partial charge on any atom is 0.183 e. The molecule has 0 bridgehead atoms. The van der Waals surface area contributed by atoms with Gasteiger partial charge < -0.3 is 14.2 Å². The third kappa shape index (κ3) is 12.4. The highest BCUT2D eigenvalue weighted by Gasteiger charge is 2.23. The van der Waals surface area contributed by atoms with Gasteiger partial charge >= 0.3 is 0 Å². The molecule has 0 aliphatic carbocycles. The molecule has 1 saturated heterocycles. The van der Waals surface area contributed by atoms with Gasteiger partial charge in [0.2, 0.25) is 0 Å². The van der Waals surface area contributed by atoms with Gasteiger partial charge in [0.15, 0.2) is 17.9 Å². The van der Waals surface area contributed by atoms with Crippen molar-refractivity contribution in [2.24, 2.45) is 11.8 Å². The number of benzene rings is 1. The molecule has 1 atom stereocenters. The predicted octanol–water partition coefficient (Wildman–Crippen LogP) is 9.71. The summed E-state index contributed by atoms with van der Waals surface area (Å²) in [6, 6.07) is 8.21. The van der Waals surface area contributed by atoms with Crippen molar-refractivity contribution in [3.63, 3.8) is 0 Å². The molecule has 1 aromatic carbocycles. The lowest BCUT2D eigenvalue weighted by Crippen LogP contribution is -2.27. The summed E-state index contributed by atoms with van der Waals surface area (Å²) in [6.45, 7) is 9.22. The summed E-state index contributed by atoms with van der Waals surface area (Å²) >= 11 is 0. The van der Waals surface area contributed by atoms with Crippen LogP contribution in [0.1, 0.15) is 129 Å². The molecular weight excluding hydrogens is 484 g/mol. The van der Waals surface area contributed by atoms with Crippen LogP contribution in [0.3, 0.4) is 0 Å². The Morgan fingerprint density at radius 3 is 2.10 bits per heavy atom. The average molecular weight is 539 g/mol. The molecule has 1 aromatic heterocycles. The number of nitrogens with zero attached hydrogens (tertiary/aromatic N) is 2. The summed E-state index contributed by atoms with van der Waals surface area (Å²) in [5.74, 6) is 2.84. The summed E-state index contributed by atoms with van der Waals surface area (Å²) in [6.07, 6.45) is 22.8. The van der Waals surface area contributed by atoms with Crippen molar-refractivity contribution in [1.29, 1.82) is 0 Å². The van der Waals surface area contributed by atoms with Crippen LogP contribution in [0.4, 0.5) is 0 Å². The van der Waals surface area contributed by atoms with E-state index in [0.717, 1.165) is 49.0 Å². The smallest absolute Gasteiger partial charge is 0.183 e. The van der Waals surface area contributed by atoms with E-state index < -0.39 is 0 Å². The van der Waals surface area contributed by atoms with Crippen molar-refractivity contribution in [2.45, 2.75) is 123 Å². The summed E-state index contributed by atoms with van der Waals surface area (Å²) < 4.78 is 18.0. The zero-order valence-corrected chi connectivity index (χ0v) is 25.0. The first-order chi connectivity index (χ1) is 19.2. The molecule has 1 aliphatic rings. The molecule has 3 rings (SSSR count). The molecule has 218 valence electrons. The van der Waals surface area contributed by atoms with Gasteiger partial charge in [-0.2, -0.15) is 0 Å².